The molecule has 1 aliphatic rings. The highest BCUT2D eigenvalue weighted by Gasteiger charge is 2.21. The van der Waals surface area contributed by atoms with Crippen molar-refractivity contribution in [2.45, 2.75) is 52.2 Å². The lowest BCUT2D eigenvalue weighted by atomic mass is 10.2. The predicted octanol–water partition coefficient (Wildman–Crippen LogP) is 1.30. The number of nitrogens with one attached hydrogen (secondary N) is 1. The molecule has 17 heavy (non-hydrogen) atoms. The first-order chi connectivity index (χ1) is 8.22. The molecule has 96 valence electrons. The summed E-state index contributed by atoms with van der Waals surface area (Å²) >= 11 is 0. The topological polar surface area (TPSA) is 52.0 Å². The smallest absolute Gasteiger partial charge is 0.149 e. The summed E-state index contributed by atoms with van der Waals surface area (Å²) in [5.41, 5.74) is 0. The number of hydrogen-bond donors (Lipinski definition) is 1. The van der Waals surface area contributed by atoms with E-state index in [4.69, 9.17) is 4.74 Å². The average Bonchev–Trinajstić information content (AvgIpc) is 2.87. The van der Waals surface area contributed by atoms with E-state index in [1.165, 1.54) is 6.42 Å². The van der Waals surface area contributed by atoms with Crippen LogP contribution in [0.5, 0.6) is 0 Å². The molecule has 0 amide bonds. The molecule has 2 unspecified atom stereocenters. The molecule has 0 spiro atoms. The number of aryl methyl sites for hydroxylation is 1. The van der Waals surface area contributed by atoms with Crippen LogP contribution in [0.25, 0.3) is 0 Å². The van der Waals surface area contributed by atoms with Crippen molar-refractivity contribution in [2.24, 2.45) is 0 Å². The predicted molar refractivity (Wildman–Crippen MR) is 65.8 cm³/mol. The lowest BCUT2D eigenvalue weighted by Gasteiger charge is -2.19. The van der Waals surface area contributed by atoms with Crippen LogP contribution < -0.4 is 5.32 Å². The van der Waals surface area contributed by atoms with Gasteiger partial charge < -0.3 is 14.6 Å². The van der Waals surface area contributed by atoms with Gasteiger partial charge >= 0.3 is 0 Å². The van der Waals surface area contributed by atoms with Gasteiger partial charge in [-0.05, 0) is 27.2 Å². The molecule has 0 radical (unpaired) electrons. The Bertz CT molecular complexity index is 363. The Labute approximate surface area is 103 Å². The number of rotatable bonds is 6. The third-order valence-electron chi connectivity index (χ3n) is 3.13. The van der Waals surface area contributed by atoms with E-state index in [9.17, 15) is 0 Å². The van der Waals surface area contributed by atoms with E-state index in [2.05, 4.69) is 33.9 Å². The molecule has 0 fully saturated rings. The Morgan fingerprint density at radius 2 is 2.24 bits per heavy atom. The molecule has 1 aromatic rings. The zero-order valence-corrected chi connectivity index (χ0v) is 10.9. The summed E-state index contributed by atoms with van der Waals surface area (Å²) in [4.78, 5) is 0. The van der Waals surface area contributed by atoms with Gasteiger partial charge in [0, 0.05) is 25.6 Å². The van der Waals surface area contributed by atoms with Crippen LogP contribution in [0, 0.1) is 0 Å². The second-order valence-electron chi connectivity index (χ2n) is 4.68. The summed E-state index contributed by atoms with van der Waals surface area (Å²) in [7, 11) is 0. The van der Waals surface area contributed by atoms with Gasteiger partial charge in [0.25, 0.3) is 0 Å². The van der Waals surface area contributed by atoms with Gasteiger partial charge in [0.15, 0.2) is 0 Å². The van der Waals surface area contributed by atoms with Gasteiger partial charge in [0.2, 0.25) is 0 Å². The maximum Gasteiger partial charge on any atom is 0.149 e. The molecule has 5 heteroatoms. The van der Waals surface area contributed by atoms with E-state index in [1.54, 1.807) is 0 Å². The highest BCUT2D eigenvalue weighted by molar-refractivity contribution is 5.04. The van der Waals surface area contributed by atoms with Gasteiger partial charge in [0.05, 0.1) is 12.6 Å². The second kappa shape index (κ2) is 5.60. The third kappa shape index (κ3) is 2.84. The molecule has 1 aromatic heterocycles. The minimum atomic E-state index is 0.227. The highest BCUT2D eigenvalue weighted by Crippen LogP contribution is 2.19. The van der Waals surface area contributed by atoms with Crippen LogP contribution >= 0.6 is 0 Å². The summed E-state index contributed by atoms with van der Waals surface area (Å²) in [6.07, 6.45) is 2.26. The first-order valence-corrected chi connectivity index (χ1v) is 6.48. The van der Waals surface area contributed by atoms with Crippen molar-refractivity contribution in [1.29, 1.82) is 0 Å². The summed E-state index contributed by atoms with van der Waals surface area (Å²) in [6, 6.07) is 0.559. The largest absolute Gasteiger partial charge is 0.380 e. The Kier molecular flexibility index (Phi) is 4.12. The van der Waals surface area contributed by atoms with Gasteiger partial charge in [-0.1, -0.05) is 0 Å². The Hall–Kier alpha value is -0.940. The molecule has 5 nitrogen and oxygen atoms in total. The number of nitrogens with zero attached hydrogens (tertiary/aromatic N) is 3. The van der Waals surface area contributed by atoms with Crippen molar-refractivity contribution in [3.8, 4) is 0 Å². The summed E-state index contributed by atoms with van der Waals surface area (Å²) in [6.45, 7) is 8.85. The maximum atomic E-state index is 5.40. The minimum absolute atomic E-state index is 0.227. The molecule has 0 aromatic carbocycles. The van der Waals surface area contributed by atoms with Crippen molar-refractivity contribution < 1.29 is 4.74 Å². The first kappa shape index (κ1) is 12.5. The van der Waals surface area contributed by atoms with Gasteiger partial charge in [-0.3, -0.25) is 0 Å². The number of fused-ring (bicyclic) bond motifs is 1. The first-order valence-electron chi connectivity index (χ1n) is 6.48. The molecule has 0 bridgehead atoms. The molecule has 2 heterocycles. The fourth-order valence-corrected chi connectivity index (χ4v) is 2.34. The van der Waals surface area contributed by atoms with E-state index >= 15 is 0 Å². The Morgan fingerprint density at radius 3 is 3.00 bits per heavy atom. The molecule has 1 aliphatic heterocycles. The zero-order chi connectivity index (χ0) is 12.3. The Morgan fingerprint density at radius 1 is 1.41 bits per heavy atom. The van der Waals surface area contributed by atoms with Crippen molar-refractivity contribution in [3.63, 3.8) is 0 Å². The lowest BCUT2D eigenvalue weighted by molar-refractivity contribution is 0.123. The zero-order valence-electron chi connectivity index (χ0n) is 10.9. The fraction of sp³-hybridized carbons (Fsp3) is 0.833. The quantitative estimate of drug-likeness (QED) is 0.811. The number of ether oxygens (including phenoxy) is 1. The fourth-order valence-electron chi connectivity index (χ4n) is 2.34. The molecule has 0 saturated heterocycles. The van der Waals surface area contributed by atoms with E-state index in [1.807, 2.05) is 6.92 Å². The van der Waals surface area contributed by atoms with Gasteiger partial charge in [-0.25, -0.2) is 0 Å². The summed E-state index contributed by atoms with van der Waals surface area (Å²) in [5, 5.41) is 12.0. The normalized spacial score (nSPS) is 18.1. The third-order valence-corrected chi connectivity index (χ3v) is 3.13. The van der Waals surface area contributed by atoms with Crippen molar-refractivity contribution in [1.82, 2.24) is 20.1 Å². The molecule has 1 N–H and O–H groups in total. The maximum absolute atomic E-state index is 5.40. The minimum Gasteiger partial charge on any atom is -0.380 e. The highest BCUT2D eigenvalue weighted by atomic mass is 16.5. The average molecular weight is 238 g/mol. The van der Waals surface area contributed by atoms with E-state index in [0.717, 1.165) is 37.8 Å². The Balaban J connectivity index is 1.93. The van der Waals surface area contributed by atoms with Gasteiger partial charge in [0.1, 0.15) is 11.6 Å². The number of hydrogen-bond acceptors (Lipinski definition) is 4. The van der Waals surface area contributed by atoms with Crippen molar-refractivity contribution >= 4 is 0 Å². The molecule has 0 aliphatic carbocycles. The molecule has 0 saturated carbocycles. The van der Waals surface area contributed by atoms with Crippen molar-refractivity contribution in [3.05, 3.63) is 11.6 Å². The van der Waals surface area contributed by atoms with Crippen molar-refractivity contribution in [2.75, 3.05) is 13.2 Å². The van der Waals surface area contributed by atoms with E-state index in [0.29, 0.717) is 6.04 Å². The van der Waals surface area contributed by atoms with Crippen LogP contribution in [-0.2, 0) is 17.7 Å². The second-order valence-corrected chi connectivity index (χ2v) is 4.68. The summed E-state index contributed by atoms with van der Waals surface area (Å²) < 4.78 is 7.64. The standard InChI is InChI=1S/C12H22N4O/c1-4-17-8-9(2)13-10(3)12-15-14-11-6-5-7-16(11)12/h9-10,13H,4-8H2,1-3H3. The number of aromatic nitrogens is 3. The van der Waals surface area contributed by atoms with Crippen LogP contribution in [0.1, 0.15) is 44.9 Å². The van der Waals surface area contributed by atoms with E-state index < -0.39 is 0 Å². The van der Waals surface area contributed by atoms with Crippen LogP contribution in [0.3, 0.4) is 0 Å². The van der Waals surface area contributed by atoms with Crippen LogP contribution in [-0.4, -0.2) is 34.0 Å². The van der Waals surface area contributed by atoms with Crippen LogP contribution in [0.15, 0.2) is 0 Å². The molecule has 2 atom stereocenters. The molecule has 2 rings (SSSR count). The lowest BCUT2D eigenvalue weighted by Crippen LogP contribution is -2.34. The molecular formula is C12H22N4O. The van der Waals surface area contributed by atoms with Crippen LogP contribution in [0.2, 0.25) is 0 Å². The monoisotopic (exact) mass is 238 g/mol. The van der Waals surface area contributed by atoms with Crippen LogP contribution in [0.4, 0.5) is 0 Å². The van der Waals surface area contributed by atoms with E-state index in [-0.39, 0.29) is 6.04 Å². The summed E-state index contributed by atoms with van der Waals surface area (Å²) in [5.74, 6) is 2.19. The molecular weight excluding hydrogens is 216 g/mol. The SMILES string of the molecule is CCOCC(C)NC(C)c1nnc2n1CCC2. The van der Waals surface area contributed by atoms with Gasteiger partial charge in [-0.15, -0.1) is 10.2 Å². The van der Waals surface area contributed by atoms with Gasteiger partial charge in [-0.2, -0.15) is 0 Å².